The Labute approximate surface area is 161 Å². The molecule has 1 heterocycles. The summed E-state index contributed by atoms with van der Waals surface area (Å²) in [5.41, 5.74) is 1.95. The number of benzene rings is 1. The molecule has 0 radical (unpaired) electrons. The van der Waals surface area contributed by atoms with Crippen LogP contribution in [-0.4, -0.2) is 65.2 Å². The molecular weight excluding hydrogens is 370 g/mol. The Morgan fingerprint density at radius 2 is 1.54 bits per heavy atom. The summed E-state index contributed by atoms with van der Waals surface area (Å²) in [6.45, 7) is 1.83. The van der Waals surface area contributed by atoms with Crippen LogP contribution in [0.4, 0.5) is 5.69 Å². The van der Waals surface area contributed by atoms with Crippen molar-refractivity contribution in [1.82, 2.24) is 15.2 Å². The number of nitrogens with one attached hydrogen (secondary N) is 1. The number of nitro benzene ring substituents is 1. The molecule has 0 atom stereocenters. The molecule has 11 heteroatoms. The van der Waals surface area contributed by atoms with Gasteiger partial charge in [-0.3, -0.25) is 29.9 Å². The third-order valence-electron chi connectivity index (χ3n) is 4.34. The Bertz CT molecular complexity index is 715. The summed E-state index contributed by atoms with van der Waals surface area (Å²) >= 11 is 0. The smallest absolute Gasteiger partial charge is 0.269 e. The number of hydrazine groups is 1. The van der Waals surface area contributed by atoms with E-state index >= 15 is 0 Å². The van der Waals surface area contributed by atoms with Gasteiger partial charge in [-0.15, -0.1) is 0 Å². The fourth-order valence-electron chi connectivity index (χ4n) is 2.73. The summed E-state index contributed by atoms with van der Waals surface area (Å²) in [7, 11) is 0. The minimum absolute atomic E-state index is 0.0282. The van der Waals surface area contributed by atoms with Crippen LogP contribution in [0.1, 0.15) is 19.3 Å². The van der Waals surface area contributed by atoms with Crippen LogP contribution in [-0.2, 0) is 14.4 Å². The number of piperazine rings is 1. The van der Waals surface area contributed by atoms with Crippen molar-refractivity contribution >= 4 is 23.4 Å². The van der Waals surface area contributed by atoms with Gasteiger partial charge >= 0.3 is 0 Å². The molecule has 28 heavy (non-hydrogen) atoms. The van der Waals surface area contributed by atoms with Crippen molar-refractivity contribution in [2.45, 2.75) is 19.3 Å². The van der Waals surface area contributed by atoms with Crippen molar-refractivity contribution in [3.05, 3.63) is 34.4 Å². The lowest BCUT2D eigenvalue weighted by atomic mass is 10.2. The van der Waals surface area contributed by atoms with Gasteiger partial charge in [0.2, 0.25) is 17.7 Å². The molecule has 0 aliphatic carbocycles. The van der Waals surface area contributed by atoms with Crippen molar-refractivity contribution in [2.24, 2.45) is 5.84 Å². The number of non-ortho nitro benzene ring substituents is 1. The summed E-state index contributed by atoms with van der Waals surface area (Å²) in [6.07, 6.45) is 0.288. The molecule has 1 aliphatic heterocycles. The maximum absolute atomic E-state index is 12.2. The molecule has 0 unspecified atom stereocenters. The number of carbonyl (C=O) groups is 3. The number of nitrogens with two attached hydrogens (primary N) is 1. The van der Waals surface area contributed by atoms with Crippen molar-refractivity contribution < 1.29 is 24.0 Å². The first-order chi connectivity index (χ1) is 13.4. The first-order valence-corrected chi connectivity index (χ1v) is 8.83. The molecule has 3 amide bonds. The second kappa shape index (κ2) is 10.2. The van der Waals surface area contributed by atoms with E-state index in [1.807, 2.05) is 5.43 Å². The Morgan fingerprint density at radius 3 is 2.04 bits per heavy atom. The Kier molecular flexibility index (Phi) is 7.69. The highest BCUT2D eigenvalue weighted by Gasteiger charge is 2.24. The standard InChI is InChI=1S/C17H23N5O6/c18-19-15(23)5-6-16(24)20-8-10-21(11-9-20)17(25)7-12-28-14-3-1-13(2-4-14)22(26)27/h1-4H,5-12,18H2,(H,19,23). The zero-order chi connectivity index (χ0) is 20.5. The van der Waals surface area contributed by atoms with E-state index in [0.29, 0.717) is 31.9 Å². The monoisotopic (exact) mass is 393 g/mol. The van der Waals surface area contributed by atoms with Crippen molar-refractivity contribution in [1.29, 1.82) is 0 Å². The number of hydrogen-bond acceptors (Lipinski definition) is 7. The zero-order valence-electron chi connectivity index (χ0n) is 15.3. The number of nitrogens with zero attached hydrogens (tertiary/aromatic N) is 3. The van der Waals surface area contributed by atoms with Crippen molar-refractivity contribution in [3.63, 3.8) is 0 Å². The largest absolute Gasteiger partial charge is 0.493 e. The van der Waals surface area contributed by atoms with Crippen LogP contribution in [0.2, 0.25) is 0 Å². The molecule has 11 nitrogen and oxygen atoms in total. The molecule has 0 spiro atoms. The van der Waals surface area contributed by atoms with Crippen LogP contribution in [0.5, 0.6) is 5.75 Å². The van der Waals surface area contributed by atoms with Gasteiger partial charge in [0.1, 0.15) is 5.75 Å². The van der Waals surface area contributed by atoms with Gasteiger partial charge in [-0.25, -0.2) is 5.84 Å². The predicted octanol–water partition coefficient (Wildman–Crippen LogP) is -0.195. The lowest BCUT2D eigenvalue weighted by Crippen LogP contribution is -2.50. The Hall–Kier alpha value is -3.21. The van der Waals surface area contributed by atoms with E-state index in [4.69, 9.17) is 10.6 Å². The van der Waals surface area contributed by atoms with E-state index in [0.717, 1.165) is 0 Å². The van der Waals surface area contributed by atoms with E-state index < -0.39 is 10.8 Å². The molecule has 0 aromatic heterocycles. The van der Waals surface area contributed by atoms with E-state index in [-0.39, 0.29) is 43.4 Å². The summed E-state index contributed by atoms with van der Waals surface area (Å²) in [6, 6.07) is 5.64. The molecule has 1 aliphatic rings. The topological polar surface area (TPSA) is 148 Å². The minimum atomic E-state index is -0.495. The van der Waals surface area contributed by atoms with Gasteiger partial charge in [-0.2, -0.15) is 0 Å². The van der Waals surface area contributed by atoms with E-state index in [9.17, 15) is 24.5 Å². The highest BCUT2D eigenvalue weighted by molar-refractivity contribution is 5.83. The molecule has 0 bridgehead atoms. The highest BCUT2D eigenvalue weighted by Crippen LogP contribution is 2.17. The third-order valence-corrected chi connectivity index (χ3v) is 4.34. The van der Waals surface area contributed by atoms with Gasteiger partial charge in [0.25, 0.3) is 5.69 Å². The van der Waals surface area contributed by atoms with Gasteiger partial charge < -0.3 is 14.5 Å². The maximum atomic E-state index is 12.2. The second-order valence-corrected chi connectivity index (χ2v) is 6.18. The number of amides is 3. The number of carbonyl (C=O) groups excluding carboxylic acids is 3. The van der Waals surface area contributed by atoms with Crippen LogP contribution in [0.25, 0.3) is 0 Å². The summed E-state index contributed by atoms with van der Waals surface area (Å²) < 4.78 is 5.44. The number of nitro groups is 1. The summed E-state index contributed by atoms with van der Waals surface area (Å²) in [4.78, 5) is 48.8. The molecule has 3 N–H and O–H groups in total. The van der Waals surface area contributed by atoms with E-state index in [1.54, 1.807) is 9.80 Å². The normalized spacial score (nSPS) is 13.8. The van der Waals surface area contributed by atoms with Gasteiger partial charge in [-0.1, -0.05) is 0 Å². The molecule has 0 saturated carbocycles. The second-order valence-electron chi connectivity index (χ2n) is 6.18. The predicted molar refractivity (Wildman–Crippen MR) is 97.9 cm³/mol. The first-order valence-electron chi connectivity index (χ1n) is 8.83. The average Bonchev–Trinajstić information content (AvgIpc) is 2.72. The summed E-state index contributed by atoms with van der Waals surface area (Å²) in [5.74, 6) is 4.81. The van der Waals surface area contributed by atoms with Crippen LogP contribution in [0.15, 0.2) is 24.3 Å². The maximum Gasteiger partial charge on any atom is 0.269 e. The van der Waals surface area contributed by atoms with Crippen LogP contribution in [0.3, 0.4) is 0 Å². The van der Waals surface area contributed by atoms with E-state index in [1.165, 1.54) is 24.3 Å². The SMILES string of the molecule is NNC(=O)CCC(=O)N1CCN(C(=O)CCOc2ccc([N+](=O)[O-])cc2)CC1. The quantitative estimate of drug-likeness (QED) is 0.269. The number of hydrogen-bond donors (Lipinski definition) is 2. The fourth-order valence-corrected chi connectivity index (χ4v) is 2.73. The first kappa shape index (κ1) is 21.1. The van der Waals surface area contributed by atoms with Gasteiger partial charge in [0.15, 0.2) is 0 Å². The fraction of sp³-hybridized carbons (Fsp3) is 0.471. The molecule has 1 saturated heterocycles. The van der Waals surface area contributed by atoms with Crippen molar-refractivity contribution in [3.8, 4) is 5.75 Å². The van der Waals surface area contributed by atoms with E-state index in [2.05, 4.69) is 0 Å². The summed E-state index contributed by atoms with van der Waals surface area (Å²) in [5, 5.41) is 10.6. The molecule has 1 aromatic rings. The minimum Gasteiger partial charge on any atom is -0.493 e. The molecule has 2 rings (SSSR count). The number of rotatable bonds is 8. The zero-order valence-corrected chi connectivity index (χ0v) is 15.3. The average molecular weight is 393 g/mol. The van der Waals surface area contributed by atoms with Gasteiger partial charge in [0.05, 0.1) is 18.0 Å². The lowest BCUT2D eigenvalue weighted by Gasteiger charge is -2.34. The van der Waals surface area contributed by atoms with Crippen LogP contribution >= 0.6 is 0 Å². The van der Waals surface area contributed by atoms with Crippen LogP contribution < -0.4 is 16.0 Å². The van der Waals surface area contributed by atoms with Gasteiger partial charge in [0, 0.05) is 51.2 Å². The van der Waals surface area contributed by atoms with Crippen molar-refractivity contribution in [2.75, 3.05) is 32.8 Å². The highest BCUT2D eigenvalue weighted by atomic mass is 16.6. The molecule has 1 fully saturated rings. The molecule has 152 valence electrons. The third kappa shape index (κ3) is 6.20. The molecular formula is C17H23N5O6. The van der Waals surface area contributed by atoms with Crippen LogP contribution in [0, 0.1) is 10.1 Å². The van der Waals surface area contributed by atoms with Gasteiger partial charge in [-0.05, 0) is 12.1 Å². The Morgan fingerprint density at radius 1 is 1.00 bits per heavy atom. The molecule has 1 aromatic carbocycles. The lowest BCUT2D eigenvalue weighted by molar-refractivity contribution is -0.384. The number of ether oxygens (including phenoxy) is 1. The Balaban J connectivity index is 1.68.